The van der Waals surface area contributed by atoms with E-state index in [2.05, 4.69) is 243 Å². The van der Waals surface area contributed by atoms with Gasteiger partial charge in [-0.15, -0.1) is 0 Å². The normalized spacial score (nSPS) is 23.3. The predicted octanol–water partition coefficient (Wildman–Crippen LogP) is 16.6. The van der Waals surface area contributed by atoms with Gasteiger partial charge in [0.05, 0.1) is 84.0 Å². The summed E-state index contributed by atoms with van der Waals surface area (Å²) in [6.45, 7) is 0. The van der Waals surface area contributed by atoms with Gasteiger partial charge >= 0.3 is 0 Å². The maximum absolute atomic E-state index is 6.09. The molecule has 0 radical (unpaired) electrons. The second-order valence-corrected chi connectivity index (χ2v) is 23.3. The number of fused-ring (bicyclic) bond motifs is 8. The molecule has 6 aliphatic rings. The zero-order chi connectivity index (χ0) is 61.1. The minimum atomic E-state index is -1.07. The van der Waals surface area contributed by atoms with Crippen LogP contribution in [0.4, 0.5) is 0 Å². The monoisotopic (exact) mass is 1170 g/mol. The Labute approximate surface area is 521 Å². The van der Waals surface area contributed by atoms with Crippen LogP contribution in [0.25, 0.3) is 0 Å². The van der Waals surface area contributed by atoms with Crippen LogP contribution in [0.3, 0.4) is 0 Å². The van der Waals surface area contributed by atoms with Gasteiger partial charge < -0.3 is 37.9 Å². The molecule has 4 atom stereocenters. The molecule has 0 saturated heterocycles. The molecule has 0 amide bonds. The van der Waals surface area contributed by atoms with Crippen molar-refractivity contribution in [2.75, 3.05) is 56.9 Å². The summed E-state index contributed by atoms with van der Waals surface area (Å²) in [4.78, 5) is 0. The first-order chi connectivity index (χ1) is 43.5. The molecule has 1 spiro atoms. The minimum absolute atomic E-state index is 0.756. The van der Waals surface area contributed by atoms with Gasteiger partial charge in [0.25, 0.3) is 0 Å². The van der Waals surface area contributed by atoms with E-state index in [0.717, 1.165) is 135 Å². The smallest absolute Gasteiger partial charge is 0.119 e. The largest absolute Gasteiger partial charge is 0.497 e. The SMILES string of the molecule is COc1ccc(C2(c3cccc(OC)c3)C=CC3=C4C=CC(c5ccc(OC)cc5)(c5cccc(OC)c5)C=C4C4(C3=C2)C2=CC(c3ccc(OC)cc3)(c3cccc(OC)c3)C=CC2=C2C=CC(c3ccc(OC)cc3)(c3cccc(OC)c3)C=C24)cc1. The molecule has 440 valence electrons. The van der Waals surface area contributed by atoms with Gasteiger partial charge in [-0.3, -0.25) is 0 Å². The van der Waals surface area contributed by atoms with E-state index >= 15 is 0 Å². The van der Waals surface area contributed by atoms with Crippen molar-refractivity contribution in [1.82, 2.24) is 0 Å². The molecule has 0 saturated carbocycles. The molecule has 0 aromatic heterocycles. The molecular weight excluding hydrogens is 1100 g/mol. The van der Waals surface area contributed by atoms with Crippen LogP contribution in [0.1, 0.15) is 44.5 Å². The highest BCUT2D eigenvalue weighted by Gasteiger charge is 2.61. The van der Waals surface area contributed by atoms with Gasteiger partial charge in [0, 0.05) is 0 Å². The van der Waals surface area contributed by atoms with E-state index in [4.69, 9.17) is 37.9 Å². The molecule has 4 unspecified atom stereocenters. The zero-order valence-corrected chi connectivity index (χ0v) is 51.2. The maximum atomic E-state index is 6.09. The highest BCUT2D eigenvalue weighted by Crippen LogP contribution is 2.72. The molecular formula is C81H68O8. The van der Waals surface area contributed by atoms with Crippen molar-refractivity contribution in [3.05, 3.63) is 356 Å². The average Bonchev–Trinajstić information content (AvgIpc) is 1.50. The summed E-state index contributed by atoms with van der Waals surface area (Å²) < 4.78 is 47.8. The Kier molecular flexibility index (Phi) is 14.0. The van der Waals surface area contributed by atoms with Crippen molar-refractivity contribution in [2.24, 2.45) is 5.41 Å². The van der Waals surface area contributed by atoms with Crippen molar-refractivity contribution in [2.45, 2.75) is 21.7 Å². The Balaban J connectivity index is 1.19. The molecule has 0 heterocycles. The molecule has 0 aliphatic heterocycles. The fourth-order valence-corrected chi connectivity index (χ4v) is 14.8. The van der Waals surface area contributed by atoms with Crippen LogP contribution in [0.5, 0.6) is 46.0 Å². The summed E-state index contributed by atoms with van der Waals surface area (Å²) in [5.41, 5.74) is 13.0. The second-order valence-electron chi connectivity index (χ2n) is 23.3. The summed E-state index contributed by atoms with van der Waals surface area (Å²) in [5, 5.41) is 0. The summed E-state index contributed by atoms with van der Waals surface area (Å²) in [5.74, 6) is 6.09. The van der Waals surface area contributed by atoms with Crippen LogP contribution in [-0.4, -0.2) is 56.9 Å². The number of benzene rings is 8. The predicted molar refractivity (Wildman–Crippen MR) is 352 cm³/mol. The van der Waals surface area contributed by atoms with E-state index in [1.165, 1.54) is 0 Å². The average molecular weight is 1170 g/mol. The number of ether oxygens (including phenoxy) is 8. The lowest BCUT2D eigenvalue weighted by molar-refractivity contribution is 0.413. The van der Waals surface area contributed by atoms with Gasteiger partial charge in [0.1, 0.15) is 46.0 Å². The van der Waals surface area contributed by atoms with E-state index in [0.29, 0.717) is 0 Å². The summed E-state index contributed by atoms with van der Waals surface area (Å²) in [6, 6.07) is 68.2. The number of allylic oxidation sites excluding steroid dienone is 20. The Bertz CT molecular complexity index is 3880. The lowest BCUT2D eigenvalue weighted by Gasteiger charge is -2.45. The Hall–Kier alpha value is -10.4. The summed E-state index contributed by atoms with van der Waals surface area (Å²) >= 11 is 0. The third-order valence-corrected chi connectivity index (χ3v) is 19.4. The van der Waals surface area contributed by atoms with Crippen LogP contribution in [0.2, 0.25) is 0 Å². The molecule has 0 N–H and O–H groups in total. The molecule has 0 bridgehead atoms. The molecule has 8 aromatic rings. The maximum Gasteiger partial charge on any atom is 0.119 e. The van der Waals surface area contributed by atoms with Crippen LogP contribution in [-0.2, 0) is 21.7 Å². The van der Waals surface area contributed by atoms with Crippen LogP contribution >= 0.6 is 0 Å². The first-order valence-electron chi connectivity index (χ1n) is 29.9. The van der Waals surface area contributed by atoms with Gasteiger partial charge in [-0.05, 0) is 186 Å². The molecule has 14 rings (SSSR count). The first-order valence-corrected chi connectivity index (χ1v) is 29.9. The molecule has 6 aliphatic carbocycles. The highest BCUT2D eigenvalue weighted by molar-refractivity contribution is 5.90. The first kappa shape index (κ1) is 56.4. The molecule has 0 fully saturated rings. The molecule has 89 heavy (non-hydrogen) atoms. The lowest BCUT2D eigenvalue weighted by atomic mass is 9.57. The number of rotatable bonds is 16. The fourth-order valence-electron chi connectivity index (χ4n) is 14.8. The number of hydrogen-bond donors (Lipinski definition) is 0. The van der Waals surface area contributed by atoms with E-state index in [9.17, 15) is 0 Å². The minimum Gasteiger partial charge on any atom is -0.497 e. The van der Waals surface area contributed by atoms with E-state index in [1.54, 1.807) is 56.9 Å². The molecule has 8 heteroatoms. The van der Waals surface area contributed by atoms with Crippen molar-refractivity contribution in [3.63, 3.8) is 0 Å². The third kappa shape index (κ3) is 8.70. The van der Waals surface area contributed by atoms with Crippen LogP contribution < -0.4 is 37.9 Å². The highest BCUT2D eigenvalue weighted by atomic mass is 16.5. The summed E-state index contributed by atoms with van der Waals surface area (Å²) in [6.07, 6.45) is 29.4. The Morgan fingerprint density at radius 3 is 0.607 bits per heavy atom. The number of hydrogen-bond acceptors (Lipinski definition) is 8. The van der Waals surface area contributed by atoms with Crippen molar-refractivity contribution < 1.29 is 37.9 Å². The van der Waals surface area contributed by atoms with Gasteiger partial charge in [-0.2, -0.15) is 0 Å². The van der Waals surface area contributed by atoms with Gasteiger partial charge in [0.2, 0.25) is 0 Å². The summed E-state index contributed by atoms with van der Waals surface area (Å²) in [7, 11) is 13.8. The lowest BCUT2D eigenvalue weighted by Crippen LogP contribution is -2.37. The third-order valence-electron chi connectivity index (χ3n) is 19.4. The number of methoxy groups -OCH3 is 8. The van der Waals surface area contributed by atoms with Crippen molar-refractivity contribution >= 4 is 0 Å². The van der Waals surface area contributed by atoms with Gasteiger partial charge in [-0.25, -0.2) is 0 Å². The van der Waals surface area contributed by atoms with E-state index in [1.807, 2.05) is 24.3 Å². The van der Waals surface area contributed by atoms with Crippen LogP contribution in [0, 0.1) is 5.41 Å². The Morgan fingerprint density at radius 1 is 0.213 bits per heavy atom. The Morgan fingerprint density at radius 2 is 0.416 bits per heavy atom. The van der Waals surface area contributed by atoms with Crippen molar-refractivity contribution in [1.29, 1.82) is 0 Å². The standard InChI is InChI=1S/C81H68O8/c1-82-61-29-21-53(22-30-61)77(57-13-9-17-65(45-57)86-5)41-37-69-70-38-42-78(54-23-31-62(83-2)32-24-54,58-14-10-18-66(46-58)87-6)50-74(70)81(73(69)49-77)75-51-79(55-25-33-63(84-3)34-26-55,59-15-11-19-67(47-59)88-7)43-39-71(75)72-40-44-80(52-76(72)81,56-27-35-64(85-4)36-28-56)60-16-12-20-68(48-60)89-8/h9-52H,1-8H3. The zero-order valence-electron chi connectivity index (χ0n) is 51.2. The quantitative estimate of drug-likeness (QED) is 0.0947. The molecule has 8 aromatic carbocycles. The van der Waals surface area contributed by atoms with Gasteiger partial charge in [-0.1, -0.05) is 170 Å². The van der Waals surface area contributed by atoms with Crippen molar-refractivity contribution in [3.8, 4) is 46.0 Å². The fraction of sp³-hybridized carbons (Fsp3) is 0.160. The second kappa shape index (κ2) is 22.1. The molecule has 8 nitrogen and oxygen atoms in total. The van der Waals surface area contributed by atoms with Gasteiger partial charge in [0.15, 0.2) is 0 Å². The van der Waals surface area contributed by atoms with E-state index in [-0.39, 0.29) is 0 Å². The van der Waals surface area contributed by atoms with Crippen LogP contribution in [0.15, 0.2) is 312 Å². The topological polar surface area (TPSA) is 73.8 Å². The van der Waals surface area contributed by atoms with E-state index < -0.39 is 27.1 Å².